The molecule has 0 spiro atoms. The average molecular weight is 271 g/mol. The normalized spacial score (nSPS) is 11.4. The van der Waals surface area contributed by atoms with Gasteiger partial charge >= 0.3 is 0 Å². The van der Waals surface area contributed by atoms with Gasteiger partial charge in [-0.1, -0.05) is 78.1 Å². The van der Waals surface area contributed by atoms with Crippen LogP contribution in [0, 0.1) is 0 Å². The fourth-order valence-electron chi connectivity index (χ4n) is 2.48. The molecule has 0 saturated heterocycles. The van der Waals surface area contributed by atoms with Crippen LogP contribution in [0.15, 0.2) is 0 Å². The van der Waals surface area contributed by atoms with E-state index in [-0.39, 0.29) is 6.73 Å². The highest BCUT2D eigenvalue weighted by atomic mass is 16.3. The second-order valence-corrected chi connectivity index (χ2v) is 5.79. The zero-order chi connectivity index (χ0) is 14.2. The zero-order valence-corrected chi connectivity index (χ0v) is 13.5. The molecule has 0 rings (SSSR count). The maximum Gasteiger partial charge on any atom is 0.0956 e. The lowest BCUT2D eigenvalue weighted by Gasteiger charge is -2.19. The first kappa shape index (κ1) is 18.9. The molecule has 0 aromatic rings. The highest BCUT2D eigenvalue weighted by molar-refractivity contribution is 4.55. The minimum atomic E-state index is 0.240. The van der Waals surface area contributed by atoms with Crippen molar-refractivity contribution >= 4 is 0 Å². The van der Waals surface area contributed by atoms with Crippen molar-refractivity contribution in [1.29, 1.82) is 0 Å². The Kier molecular flexibility index (Phi) is 15.9. The molecule has 0 atom stereocenters. The maximum atomic E-state index is 9.33. The monoisotopic (exact) mass is 271 g/mol. The lowest BCUT2D eigenvalue weighted by Crippen LogP contribution is -2.27. The molecule has 0 bridgehead atoms. The third kappa shape index (κ3) is 14.1. The van der Waals surface area contributed by atoms with E-state index in [0.29, 0.717) is 0 Å². The van der Waals surface area contributed by atoms with Gasteiger partial charge in [-0.05, 0) is 12.8 Å². The van der Waals surface area contributed by atoms with Crippen LogP contribution >= 0.6 is 0 Å². The van der Waals surface area contributed by atoms with E-state index in [1.807, 2.05) is 0 Å². The molecule has 0 radical (unpaired) electrons. The molecule has 116 valence electrons. The number of hydrogen-bond acceptors (Lipinski definition) is 2. The highest BCUT2D eigenvalue weighted by Crippen LogP contribution is 2.08. The van der Waals surface area contributed by atoms with Crippen molar-refractivity contribution in [2.24, 2.45) is 0 Å². The Morgan fingerprint density at radius 3 is 1.32 bits per heavy atom. The minimum absolute atomic E-state index is 0.240. The summed E-state index contributed by atoms with van der Waals surface area (Å²) in [5.41, 5.74) is 0. The van der Waals surface area contributed by atoms with Gasteiger partial charge in [-0.15, -0.1) is 0 Å². The molecule has 0 aliphatic rings. The minimum Gasteiger partial charge on any atom is -0.381 e. The third-order valence-electron chi connectivity index (χ3n) is 3.86. The summed E-state index contributed by atoms with van der Waals surface area (Å²) in [5, 5.41) is 9.33. The maximum absolute atomic E-state index is 9.33. The van der Waals surface area contributed by atoms with Crippen LogP contribution in [0.1, 0.15) is 90.9 Å². The first-order valence-corrected chi connectivity index (χ1v) is 8.68. The Bertz CT molecular complexity index is 161. The molecular weight excluding hydrogens is 234 g/mol. The van der Waals surface area contributed by atoms with Crippen LogP contribution in [0.2, 0.25) is 0 Å². The molecule has 0 aromatic carbocycles. The predicted molar refractivity (Wildman–Crippen MR) is 85.4 cm³/mol. The van der Waals surface area contributed by atoms with E-state index in [0.717, 1.165) is 13.1 Å². The summed E-state index contributed by atoms with van der Waals surface area (Å²) in [6.07, 6.45) is 16.1. The van der Waals surface area contributed by atoms with Crippen molar-refractivity contribution in [3.05, 3.63) is 0 Å². The zero-order valence-electron chi connectivity index (χ0n) is 13.5. The van der Waals surface area contributed by atoms with Gasteiger partial charge in [0, 0.05) is 13.1 Å². The molecule has 0 amide bonds. The molecule has 0 saturated carbocycles. The number of unbranched alkanes of at least 4 members (excludes halogenated alkanes) is 10. The lowest BCUT2D eigenvalue weighted by molar-refractivity contribution is 0.103. The Labute approximate surface area is 121 Å². The van der Waals surface area contributed by atoms with Gasteiger partial charge < -0.3 is 5.11 Å². The summed E-state index contributed by atoms with van der Waals surface area (Å²) in [6.45, 7) is 6.91. The Hall–Kier alpha value is -0.0800. The van der Waals surface area contributed by atoms with Crippen molar-refractivity contribution in [3.63, 3.8) is 0 Å². The molecule has 0 aromatic heterocycles. The largest absolute Gasteiger partial charge is 0.381 e. The van der Waals surface area contributed by atoms with E-state index < -0.39 is 0 Å². The van der Waals surface area contributed by atoms with Crippen molar-refractivity contribution in [1.82, 2.24) is 4.90 Å². The van der Waals surface area contributed by atoms with E-state index in [1.54, 1.807) is 0 Å². The van der Waals surface area contributed by atoms with Crippen molar-refractivity contribution in [2.45, 2.75) is 90.9 Å². The molecule has 19 heavy (non-hydrogen) atoms. The number of nitrogens with zero attached hydrogens (tertiary/aromatic N) is 1. The van der Waals surface area contributed by atoms with E-state index in [9.17, 15) is 5.11 Å². The van der Waals surface area contributed by atoms with E-state index in [4.69, 9.17) is 0 Å². The Morgan fingerprint density at radius 1 is 0.579 bits per heavy atom. The SMILES string of the molecule is CCCCCCCCCN(CO)CCCCCCC. The van der Waals surface area contributed by atoms with Gasteiger partial charge in [0.05, 0.1) is 6.73 Å². The lowest BCUT2D eigenvalue weighted by atomic mass is 10.1. The second-order valence-electron chi connectivity index (χ2n) is 5.79. The molecule has 0 unspecified atom stereocenters. The fraction of sp³-hybridized carbons (Fsp3) is 1.00. The van der Waals surface area contributed by atoms with Gasteiger partial charge in [0.2, 0.25) is 0 Å². The topological polar surface area (TPSA) is 23.5 Å². The number of aliphatic hydroxyl groups is 1. The molecule has 2 nitrogen and oxygen atoms in total. The first-order chi connectivity index (χ1) is 9.35. The van der Waals surface area contributed by atoms with Crippen LogP contribution in [0.4, 0.5) is 0 Å². The number of aliphatic hydroxyl groups excluding tert-OH is 1. The first-order valence-electron chi connectivity index (χ1n) is 8.68. The van der Waals surface area contributed by atoms with Gasteiger partial charge in [0.25, 0.3) is 0 Å². The summed E-state index contributed by atoms with van der Waals surface area (Å²) in [4.78, 5) is 2.21. The van der Waals surface area contributed by atoms with Crippen molar-refractivity contribution < 1.29 is 5.11 Å². The van der Waals surface area contributed by atoms with E-state index in [1.165, 1.54) is 77.0 Å². The second kappa shape index (κ2) is 16.0. The van der Waals surface area contributed by atoms with Crippen LogP contribution in [0.25, 0.3) is 0 Å². The summed E-state index contributed by atoms with van der Waals surface area (Å²) in [7, 11) is 0. The standard InChI is InChI=1S/C17H37NO/c1-3-5-7-9-10-12-14-16-18(17-19)15-13-11-8-6-4-2/h19H,3-17H2,1-2H3. The molecule has 0 aliphatic heterocycles. The highest BCUT2D eigenvalue weighted by Gasteiger charge is 2.02. The Balaban J connectivity index is 3.29. The molecule has 0 heterocycles. The summed E-state index contributed by atoms with van der Waals surface area (Å²) < 4.78 is 0. The fourth-order valence-corrected chi connectivity index (χ4v) is 2.48. The third-order valence-corrected chi connectivity index (χ3v) is 3.86. The molecule has 0 fully saturated rings. The summed E-state index contributed by atoms with van der Waals surface area (Å²) in [6, 6.07) is 0. The van der Waals surface area contributed by atoms with Gasteiger partial charge in [0.1, 0.15) is 0 Å². The van der Waals surface area contributed by atoms with Gasteiger partial charge in [-0.25, -0.2) is 0 Å². The van der Waals surface area contributed by atoms with E-state index in [2.05, 4.69) is 18.7 Å². The number of rotatable bonds is 15. The van der Waals surface area contributed by atoms with Crippen molar-refractivity contribution in [2.75, 3.05) is 19.8 Å². The van der Waals surface area contributed by atoms with Gasteiger partial charge in [-0.3, -0.25) is 4.90 Å². The predicted octanol–water partition coefficient (Wildman–Crippen LogP) is 4.96. The smallest absolute Gasteiger partial charge is 0.0956 e. The summed E-state index contributed by atoms with van der Waals surface area (Å²) >= 11 is 0. The molecular formula is C17H37NO. The molecule has 0 aliphatic carbocycles. The van der Waals surface area contributed by atoms with Gasteiger partial charge in [0.15, 0.2) is 0 Å². The van der Waals surface area contributed by atoms with Crippen LogP contribution in [0.3, 0.4) is 0 Å². The van der Waals surface area contributed by atoms with Crippen molar-refractivity contribution in [3.8, 4) is 0 Å². The average Bonchev–Trinajstić information content (AvgIpc) is 2.44. The van der Waals surface area contributed by atoms with Crippen LogP contribution in [-0.4, -0.2) is 29.8 Å². The Morgan fingerprint density at radius 2 is 0.947 bits per heavy atom. The quantitative estimate of drug-likeness (QED) is 0.336. The van der Waals surface area contributed by atoms with E-state index >= 15 is 0 Å². The molecule has 2 heteroatoms. The van der Waals surface area contributed by atoms with Gasteiger partial charge in [-0.2, -0.15) is 0 Å². The number of hydrogen-bond donors (Lipinski definition) is 1. The van der Waals surface area contributed by atoms with Crippen LogP contribution < -0.4 is 0 Å². The summed E-state index contributed by atoms with van der Waals surface area (Å²) in [5.74, 6) is 0. The molecule has 1 N–H and O–H groups in total. The van der Waals surface area contributed by atoms with Crippen LogP contribution in [-0.2, 0) is 0 Å². The van der Waals surface area contributed by atoms with Crippen LogP contribution in [0.5, 0.6) is 0 Å².